The maximum atomic E-state index is 12.7. The Kier molecular flexibility index (Phi) is 5.22. The summed E-state index contributed by atoms with van der Waals surface area (Å²) in [4.78, 5) is 28.6. The first-order valence-corrected chi connectivity index (χ1v) is 9.50. The number of piperazine rings is 1. The topological polar surface area (TPSA) is 86.9 Å². The number of phenolic OH excluding ortho intramolecular Hbond substituents is 1. The van der Waals surface area contributed by atoms with Gasteiger partial charge in [-0.3, -0.25) is 9.59 Å². The van der Waals surface area contributed by atoms with Gasteiger partial charge in [-0.2, -0.15) is 0 Å². The maximum absolute atomic E-state index is 12.7. The largest absolute Gasteiger partial charge is 0.507 e. The smallest absolute Gasteiger partial charge is 0.276 e. The summed E-state index contributed by atoms with van der Waals surface area (Å²) in [5.41, 5.74) is 1.26. The number of carbonyl (C=O) groups excluding carboxylic acids is 2. The fraction of sp³-hybridized carbons (Fsp3) is 0.190. The lowest BCUT2D eigenvalue weighted by Gasteiger charge is -2.34. The molecule has 148 valence electrons. The minimum absolute atomic E-state index is 0.0478. The van der Waals surface area contributed by atoms with Crippen LogP contribution in [0, 0.1) is 0 Å². The molecule has 1 fully saturated rings. The fourth-order valence-electron chi connectivity index (χ4n) is 3.23. The summed E-state index contributed by atoms with van der Waals surface area (Å²) < 4.78 is 5.30. The summed E-state index contributed by atoms with van der Waals surface area (Å²) in [7, 11) is 0. The Morgan fingerprint density at radius 2 is 1.55 bits per heavy atom. The molecule has 1 aliphatic rings. The van der Waals surface area contributed by atoms with E-state index in [1.54, 1.807) is 58.3 Å². The third-order valence-electron chi connectivity index (χ3n) is 4.85. The molecule has 1 aromatic heterocycles. The zero-order valence-electron chi connectivity index (χ0n) is 15.4. The highest BCUT2D eigenvalue weighted by molar-refractivity contribution is 6.30. The van der Waals surface area contributed by atoms with Crippen molar-refractivity contribution in [3.63, 3.8) is 0 Å². The van der Waals surface area contributed by atoms with Crippen molar-refractivity contribution in [2.24, 2.45) is 0 Å². The second kappa shape index (κ2) is 7.97. The Hall–Kier alpha value is -3.32. The summed E-state index contributed by atoms with van der Waals surface area (Å²) in [5.74, 6) is -0.0583. The van der Waals surface area contributed by atoms with Gasteiger partial charge in [-0.05, 0) is 36.4 Å². The van der Waals surface area contributed by atoms with Crippen LogP contribution in [0.4, 0.5) is 0 Å². The molecule has 0 bridgehead atoms. The molecule has 2 heterocycles. The number of aromatic hydroxyl groups is 1. The average molecular weight is 412 g/mol. The van der Waals surface area contributed by atoms with E-state index < -0.39 is 0 Å². The summed E-state index contributed by atoms with van der Waals surface area (Å²) in [6, 6.07) is 15.1. The lowest BCUT2D eigenvalue weighted by Crippen LogP contribution is -2.50. The molecule has 1 aliphatic heterocycles. The quantitative estimate of drug-likeness (QED) is 0.714. The molecule has 1 N–H and O–H groups in total. The van der Waals surface area contributed by atoms with E-state index in [0.29, 0.717) is 37.0 Å². The number of halogens is 1. The predicted molar refractivity (Wildman–Crippen MR) is 107 cm³/mol. The molecule has 7 nitrogen and oxygen atoms in total. The molecule has 0 aliphatic carbocycles. The number of nitrogens with zero attached hydrogens (tertiary/aromatic N) is 3. The zero-order valence-corrected chi connectivity index (χ0v) is 16.2. The van der Waals surface area contributed by atoms with Crippen LogP contribution in [0.1, 0.15) is 20.8 Å². The van der Waals surface area contributed by atoms with E-state index in [1.807, 2.05) is 0 Å². The fourth-order valence-corrected chi connectivity index (χ4v) is 3.35. The molecule has 0 unspecified atom stereocenters. The Morgan fingerprint density at radius 1 is 0.931 bits per heavy atom. The number of phenols is 1. The van der Waals surface area contributed by atoms with E-state index in [0.717, 1.165) is 5.56 Å². The second-order valence-electron chi connectivity index (χ2n) is 6.68. The highest BCUT2D eigenvalue weighted by Gasteiger charge is 2.28. The predicted octanol–water partition coefficient (Wildman–Crippen LogP) is 3.30. The van der Waals surface area contributed by atoms with E-state index >= 15 is 0 Å². The van der Waals surface area contributed by atoms with Crippen LogP contribution >= 0.6 is 11.6 Å². The van der Waals surface area contributed by atoms with E-state index in [-0.39, 0.29) is 28.8 Å². The van der Waals surface area contributed by atoms with Crippen molar-refractivity contribution in [3.05, 3.63) is 70.9 Å². The van der Waals surface area contributed by atoms with Gasteiger partial charge in [0.2, 0.25) is 0 Å². The van der Waals surface area contributed by atoms with Crippen LogP contribution in [-0.4, -0.2) is 58.1 Å². The van der Waals surface area contributed by atoms with Crippen LogP contribution < -0.4 is 0 Å². The monoisotopic (exact) mass is 411 g/mol. The number of hydrogen-bond acceptors (Lipinski definition) is 5. The first-order valence-electron chi connectivity index (χ1n) is 9.12. The average Bonchev–Trinajstić information content (AvgIpc) is 3.24. The van der Waals surface area contributed by atoms with E-state index in [1.165, 1.54) is 6.07 Å². The van der Waals surface area contributed by atoms with E-state index in [9.17, 15) is 14.7 Å². The Labute approximate surface area is 172 Å². The van der Waals surface area contributed by atoms with Gasteiger partial charge in [0.1, 0.15) is 5.75 Å². The first-order chi connectivity index (χ1) is 14.0. The van der Waals surface area contributed by atoms with Crippen molar-refractivity contribution in [1.82, 2.24) is 15.0 Å². The molecule has 4 rings (SSSR count). The van der Waals surface area contributed by atoms with Crippen LogP contribution in [-0.2, 0) is 0 Å². The van der Waals surface area contributed by atoms with Crippen LogP contribution in [0.3, 0.4) is 0 Å². The molecular formula is C21H18ClN3O4. The number of amides is 2. The molecule has 2 amide bonds. The second-order valence-corrected chi connectivity index (χ2v) is 7.12. The summed E-state index contributed by atoms with van der Waals surface area (Å²) >= 11 is 5.89. The number of rotatable bonds is 3. The molecule has 0 spiro atoms. The number of carbonyl (C=O) groups is 2. The van der Waals surface area contributed by atoms with Gasteiger partial charge in [-0.15, -0.1) is 0 Å². The molecule has 8 heteroatoms. The van der Waals surface area contributed by atoms with E-state index in [4.69, 9.17) is 16.1 Å². The van der Waals surface area contributed by atoms with E-state index in [2.05, 4.69) is 5.16 Å². The van der Waals surface area contributed by atoms with Crippen molar-refractivity contribution >= 4 is 23.4 Å². The van der Waals surface area contributed by atoms with Crippen molar-refractivity contribution in [1.29, 1.82) is 0 Å². The summed E-state index contributed by atoms with van der Waals surface area (Å²) in [6.07, 6.45) is 0. The zero-order chi connectivity index (χ0) is 20.4. The van der Waals surface area contributed by atoms with Gasteiger partial charge in [-0.1, -0.05) is 28.9 Å². The Morgan fingerprint density at radius 3 is 2.21 bits per heavy atom. The van der Waals surface area contributed by atoms with Crippen molar-refractivity contribution in [2.75, 3.05) is 26.2 Å². The van der Waals surface area contributed by atoms with Crippen molar-refractivity contribution < 1.29 is 19.2 Å². The normalized spacial score (nSPS) is 14.1. The van der Waals surface area contributed by atoms with Gasteiger partial charge in [0.15, 0.2) is 11.5 Å². The van der Waals surface area contributed by atoms with Gasteiger partial charge < -0.3 is 19.4 Å². The minimum Gasteiger partial charge on any atom is -0.507 e. The van der Waals surface area contributed by atoms with Gasteiger partial charge in [0.25, 0.3) is 11.8 Å². The van der Waals surface area contributed by atoms with Crippen molar-refractivity contribution in [2.45, 2.75) is 0 Å². The number of para-hydroxylation sites is 1. The molecule has 29 heavy (non-hydrogen) atoms. The van der Waals surface area contributed by atoms with Gasteiger partial charge in [-0.25, -0.2) is 0 Å². The SMILES string of the molecule is O=C(c1cc(-c2ccc(Cl)cc2)on1)N1CCN(C(=O)c2ccccc2O)CC1. The highest BCUT2D eigenvalue weighted by Crippen LogP contribution is 2.23. The molecular weight excluding hydrogens is 394 g/mol. The minimum atomic E-state index is -0.248. The third-order valence-corrected chi connectivity index (χ3v) is 5.10. The molecule has 1 saturated heterocycles. The standard InChI is InChI=1S/C21H18ClN3O4/c22-15-7-5-14(6-8-15)19-13-17(23-29-19)21(28)25-11-9-24(10-12-25)20(27)16-3-1-2-4-18(16)26/h1-8,13,26H,9-12H2. The van der Waals surface area contributed by atoms with Crippen LogP contribution in [0.25, 0.3) is 11.3 Å². The number of benzene rings is 2. The van der Waals surface area contributed by atoms with Crippen LogP contribution in [0.5, 0.6) is 5.75 Å². The van der Waals surface area contributed by atoms with Crippen LogP contribution in [0.15, 0.2) is 59.1 Å². The number of hydrogen-bond donors (Lipinski definition) is 1. The Bertz CT molecular complexity index is 1040. The molecule has 0 atom stereocenters. The van der Waals surface area contributed by atoms with Crippen molar-refractivity contribution in [3.8, 4) is 17.1 Å². The van der Waals surface area contributed by atoms with Crippen LogP contribution in [0.2, 0.25) is 5.02 Å². The first kappa shape index (κ1) is 19.0. The van der Waals surface area contributed by atoms with Gasteiger partial charge in [0, 0.05) is 42.8 Å². The highest BCUT2D eigenvalue weighted by atomic mass is 35.5. The molecule has 0 radical (unpaired) electrons. The lowest BCUT2D eigenvalue weighted by atomic mass is 10.1. The molecule has 0 saturated carbocycles. The van der Waals surface area contributed by atoms with Gasteiger partial charge >= 0.3 is 0 Å². The Balaban J connectivity index is 1.40. The number of aromatic nitrogens is 1. The maximum Gasteiger partial charge on any atom is 0.276 e. The van der Waals surface area contributed by atoms with Gasteiger partial charge in [0.05, 0.1) is 5.56 Å². The lowest BCUT2D eigenvalue weighted by molar-refractivity contribution is 0.0528. The molecule has 2 aromatic carbocycles. The molecule has 3 aromatic rings. The summed E-state index contributed by atoms with van der Waals surface area (Å²) in [5, 5.41) is 14.4. The third kappa shape index (κ3) is 3.95. The summed E-state index contributed by atoms with van der Waals surface area (Å²) in [6.45, 7) is 1.50.